The summed E-state index contributed by atoms with van der Waals surface area (Å²) < 4.78 is 34.2. The number of methoxy groups -OCH3 is 1. The van der Waals surface area contributed by atoms with Crippen LogP contribution in [-0.4, -0.2) is 39.5 Å². The molecule has 1 N–H and O–H groups in total. The molecule has 0 bridgehead atoms. The van der Waals surface area contributed by atoms with E-state index in [4.69, 9.17) is 9.57 Å². The van der Waals surface area contributed by atoms with Gasteiger partial charge in [0.1, 0.15) is 11.0 Å². The smallest absolute Gasteiger partial charge is 0.219 e. The Bertz CT molecular complexity index is 842. The number of nitrogens with zero attached hydrogens (tertiary/aromatic N) is 1. The van der Waals surface area contributed by atoms with E-state index in [2.05, 4.69) is 4.72 Å². The third-order valence-electron chi connectivity index (χ3n) is 4.66. The summed E-state index contributed by atoms with van der Waals surface area (Å²) >= 11 is 0. The van der Waals surface area contributed by atoms with Gasteiger partial charge in [0.15, 0.2) is 0 Å². The number of hydrogen-bond donors (Lipinski definition) is 1. The van der Waals surface area contributed by atoms with Crippen LogP contribution in [0.25, 0.3) is 0 Å². The van der Waals surface area contributed by atoms with Gasteiger partial charge < -0.3 is 4.74 Å². The minimum absolute atomic E-state index is 0.106. The maximum atomic E-state index is 13.1. The van der Waals surface area contributed by atoms with Crippen molar-refractivity contribution in [2.45, 2.75) is 24.3 Å². The minimum atomic E-state index is -3.61. The van der Waals surface area contributed by atoms with E-state index in [0.29, 0.717) is 5.75 Å². The molecule has 1 fully saturated rings. The van der Waals surface area contributed by atoms with E-state index in [-0.39, 0.29) is 12.6 Å². The summed E-state index contributed by atoms with van der Waals surface area (Å²) in [5.41, 5.74) is 1.76. The molecule has 0 radical (unpaired) electrons. The Kier molecular flexibility index (Phi) is 5.62. The largest absolute Gasteiger partial charge is 0.497 e. The summed E-state index contributed by atoms with van der Waals surface area (Å²) in [5.74, 6) is 0.685. The van der Waals surface area contributed by atoms with Crippen molar-refractivity contribution >= 4 is 10.0 Å². The first kappa shape index (κ1) is 18.8. The number of hydroxylamine groups is 2. The van der Waals surface area contributed by atoms with Gasteiger partial charge in [-0.3, -0.25) is 4.84 Å². The molecular weight excluding hydrogens is 352 g/mol. The molecule has 2 aromatic carbocycles. The molecule has 7 heteroatoms. The quantitative estimate of drug-likeness (QED) is 0.840. The molecule has 1 heterocycles. The molecule has 3 unspecified atom stereocenters. The molecule has 0 saturated carbocycles. The lowest BCUT2D eigenvalue weighted by Crippen LogP contribution is -2.40. The van der Waals surface area contributed by atoms with Gasteiger partial charge >= 0.3 is 0 Å². The first-order valence-corrected chi connectivity index (χ1v) is 10.0. The van der Waals surface area contributed by atoms with E-state index in [1.165, 1.54) is 0 Å². The molecule has 6 nitrogen and oxygen atoms in total. The number of hydrogen-bond acceptors (Lipinski definition) is 5. The van der Waals surface area contributed by atoms with Crippen molar-refractivity contribution in [3.05, 3.63) is 65.7 Å². The maximum Gasteiger partial charge on any atom is 0.219 e. The summed E-state index contributed by atoms with van der Waals surface area (Å²) in [6, 6.07) is 16.2. The van der Waals surface area contributed by atoms with E-state index in [9.17, 15) is 8.42 Å². The molecule has 2 aromatic rings. The molecule has 0 spiro atoms. The van der Waals surface area contributed by atoms with E-state index in [0.717, 1.165) is 11.1 Å². The average molecular weight is 376 g/mol. The minimum Gasteiger partial charge on any atom is -0.497 e. The fraction of sp³-hybridized carbons (Fsp3) is 0.368. The predicted octanol–water partition coefficient (Wildman–Crippen LogP) is 2.66. The molecule has 1 aliphatic heterocycles. The van der Waals surface area contributed by atoms with Crippen molar-refractivity contribution in [3.63, 3.8) is 0 Å². The van der Waals surface area contributed by atoms with E-state index < -0.39 is 21.3 Å². The van der Waals surface area contributed by atoms with Gasteiger partial charge in [-0.15, -0.1) is 0 Å². The highest BCUT2D eigenvalue weighted by Gasteiger charge is 2.43. The highest BCUT2D eigenvalue weighted by molar-refractivity contribution is 7.90. The van der Waals surface area contributed by atoms with Crippen LogP contribution in [0.3, 0.4) is 0 Å². The molecule has 1 saturated heterocycles. The molecule has 0 aromatic heterocycles. The van der Waals surface area contributed by atoms with E-state index >= 15 is 0 Å². The van der Waals surface area contributed by atoms with Gasteiger partial charge in [-0.2, -0.15) is 5.06 Å². The third-order valence-corrected chi connectivity index (χ3v) is 6.53. The van der Waals surface area contributed by atoms with Gasteiger partial charge in [-0.05, 0) is 30.2 Å². The Morgan fingerprint density at radius 2 is 1.92 bits per heavy atom. The van der Waals surface area contributed by atoms with E-state index in [1.54, 1.807) is 19.2 Å². The second-order valence-corrected chi connectivity index (χ2v) is 8.33. The molecule has 140 valence electrons. The predicted molar refractivity (Wildman–Crippen MR) is 100 cm³/mol. The van der Waals surface area contributed by atoms with Gasteiger partial charge in [-0.25, -0.2) is 13.1 Å². The van der Waals surface area contributed by atoms with Crippen LogP contribution in [0.1, 0.15) is 30.1 Å². The summed E-state index contributed by atoms with van der Waals surface area (Å²) in [6.07, 6.45) is 0. The Morgan fingerprint density at radius 1 is 1.19 bits per heavy atom. The van der Waals surface area contributed by atoms with Gasteiger partial charge in [-0.1, -0.05) is 42.5 Å². The van der Waals surface area contributed by atoms with Crippen LogP contribution in [-0.2, 0) is 14.9 Å². The van der Waals surface area contributed by atoms with Gasteiger partial charge in [0.25, 0.3) is 0 Å². The normalized spacial score (nSPS) is 22.3. The van der Waals surface area contributed by atoms with Gasteiger partial charge in [0, 0.05) is 13.1 Å². The standard InChI is InChI=1S/C19H24N2O4S/c1-14(15-8-5-4-6-9-15)20-26(22,23)18-13-25-21(2)19(18)16-10-7-11-17(12-16)24-3/h4-12,14,18-20H,13H2,1-3H3. The van der Waals surface area contributed by atoms with Crippen molar-refractivity contribution < 1.29 is 18.0 Å². The monoisotopic (exact) mass is 376 g/mol. The van der Waals surface area contributed by atoms with E-state index in [1.807, 2.05) is 61.5 Å². The van der Waals surface area contributed by atoms with Crippen molar-refractivity contribution in [2.24, 2.45) is 0 Å². The molecule has 3 atom stereocenters. The number of ether oxygens (including phenoxy) is 1. The maximum absolute atomic E-state index is 13.1. The van der Waals surface area contributed by atoms with Crippen LogP contribution in [0.15, 0.2) is 54.6 Å². The lowest BCUT2D eigenvalue weighted by Gasteiger charge is -2.25. The van der Waals surface area contributed by atoms with Crippen LogP contribution >= 0.6 is 0 Å². The first-order chi connectivity index (χ1) is 12.4. The zero-order chi connectivity index (χ0) is 18.7. The van der Waals surface area contributed by atoms with Crippen LogP contribution in [0.2, 0.25) is 0 Å². The summed E-state index contributed by atoms with van der Waals surface area (Å²) in [5, 5.41) is 0.886. The second kappa shape index (κ2) is 7.75. The van der Waals surface area contributed by atoms with Crippen molar-refractivity contribution in [1.29, 1.82) is 0 Å². The summed E-state index contributed by atoms with van der Waals surface area (Å²) in [6.45, 7) is 1.95. The lowest BCUT2D eigenvalue weighted by molar-refractivity contribution is -0.110. The van der Waals surface area contributed by atoms with Crippen molar-refractivity contribution in [2.75, 3.05) is 20.8 Å². The molecular formula is C19H24N2O4S. The highest BCUT2D eigenvalue weighted by Crippen LogP contribution is 2.35. The Balaban J connectivity index is 1.85. The second-order valence-electron chi connectivity index (χ2n) is 6.40. The molecule has 0 amide bonds. The van der Waals surface area contributed by atoms with Crippen LogP contribution < -0.4 is 9.46 Å². The third kappa shape index (κ3) is 3.91. The first-order valence-electron chi connectivity index (χ1n) is 8.48. The number of sulfonamides is 1. The van der Waals surface area contributed by atoms with Crippen LogP contribution in [0.5, 0.6) is 5.75 Å². The van der Waals surface area contributed by atoms with Crippen LogP contribution in [0, 0.1) is 0 Å². The molecule has 26 heavy (non-hydrogen) atoms. The van der Waals surface area contributed by atoms with Gasteiger partial charge in [0.05, 0.1) is 19.8 Å². The Labute approximate surface area is 154 Å². The number of nitrogens with one attached hydrogen (secondary N) is 1. The zero-order valence-electron chi connectivity index (χ0n) is 15.1. The highest BCUT2D eigenvalue weighted by atomic mass is 32.2. The summed E-state index contributed by atoms with van der Waals surface area (Å²) in [4.78, 5) is 5.55. The van der Waals surface area contributed by atoms with Crippen molar-refractivity contribution in [3.8, 4) is 5.75 Å². The fourth-order valence-corrected chi connectivity index (χ4v) is 4.96. The topological polar surface area (TPSA) is 67.9 Å². The number of benzene rings is 2. The molecule has 0 aliphatic carbocycles. The Morgan fingerprint density at radius 3 is 2.62 bits per heavy atom. The summed E-state index contributed by atoms with van der Waals surface area (Å²) in [7, 11) is -0.276. The van der Waals surface area contributed by atoms with Crippen LogP contribution in [0.4, 0.5) is 0 Å². The lowest BCUT2D eigenvalue weighted by atomic mass is 10.0. The fourth-order valence-electron chi connectivity index (χ4n) is 3.25. The SMILES string of the molecule is COc1cccc(C2C(S(=O)(=O)NC(C)c3ccccc3)CON2C)c1. The average Bonchev–Trinajstić information content (AvgIpc) is 3.04. The zero-order valence-corrected chi connectivity index (χ0v) is 15.9. The molecule has 3 rings (SSSR count). The Hall–Kier alpha value is -1.93. The van der Waals surface area contributed by atoms with Crippen molar-refractivity contribution in [1.82, 2.24) is 9.79 Å². The van der Waals surface area contributed by atoms with Gasteiger partial charge in [0.2, 0.25) is 10.0 Å². The molecule has 1 aliphatic rings. The number of rotatable bonds is 6.